The second-order valence-corrected chi connectivity index (χ2v) is 15.7. The van der Waals surface area contributed by atoms with E-state index < -0.39 is 47.8 Å². The van der Waals surface area contributed by atoms with E-state index in [1.54, 1.807) is 34.0 Å². The van der Waals surface area contributed by atoms with Gasteiger partial charge in [-0.3, -0.25) is 9.59 Å². The number of anilines is 1. The molecule has 3 aliphatic heterocycles. The third-order valence-corrected chi connectivity index (χ3v) is 11.1. The van der Waals surface area contributed by atoms with Gasteiger partial charge in [-0.2, -0.15) is 0 Å². The Balaban J connectivity index is 1.73. The van der Waals surface area contributed by atoms with E-state index in [-0.39, 0.29) is 41.5 Å². The molecule has 0 saturated carbocycles. The average Bonchev–Trinajstić information content (AvgIpc) is 3.79. The van der Waals surface area contributed by atoms with Crippen molar-refractivity contribution in [2.24, 2.45) is 11.8 Å². The highest BCUT2D eigenvalue weighted by molar-refractivity contribution is 6.35. The number of hydrogen-bond donors (Lipinski definition) is 2. The highest BCUT2D eigenvalue weighted by Gasteiger charge is 2.64. The molecule has 0 radical (unpaired) electrons. The van der Waals surface area contributed by atoms with Crippen LogP contribution in [0.3, 0.4) is 0 Å². The Labute approximate surface area is 319 Å². The van der Waals surface area contributed by atoms with E-state index in [4.69, 9.17) is 35.3 Å². The first-order chi connectivity index (χ1) is 24.8. The number of benzene rings is 1. The van der Waals surface area contributed by atoms with Gasteiger partial charge in [0, 0.05) is 40.0 Å². The fourth-order valence-electron chi connectivity index (χ4n) is 7.17. The number of epoxide rings is 1. The van der Waals surface area contributed by atoms with E-state index in [1.807, 2.05) is 38.1 Å². The molecule has 3 aliphatic rings. The van der Waals surface area contributed by atoms with E-state index in [9.17, 15) is 19.5 Å². The van der Waals surface area contributed by atoms with Crippen molar-refractivity contribution in [2.45, 2.75) is 122 Å². The van der Waals surface area contributed by atoms with Crippen molar-refractivity contribution in [1.29, 1.82) is 0 Å². The van der Waals surface area contributed by atoms with Crippen molar-refractivity contribution < 1.29 is 43.2 Å². The second kappa shape index (κ2) is 17.3. The average molecular weight is 760 g/mol. The topological polar surface area (TPSA) is 139 Å². The highest BCUT2D eigenvalue weighted by atomic mass is 35.5. The number of esters is 1. The van der Waals surface area contributed by atoms with Crippen LogP contribution in [0.4, 0.5) is 5.69 Å². The number of ether oxygens (including phenoxy) is 5. The molecule has 2 fully saturated rings. The molecule has 0 aliphatic carbocycles. The van der Waals surface area contributed by atoms with Crippen molar-refractivity contribution in [3.63, 3.8) is 0 Å². The summed E-state index contributed by atoms with van der Waals surface area (Å²) in [5.74, 6) is -0.532. The zero-order valence-corrected chi connectivity index (χ0v) is 33.6. The van der Waals surface area contributed by atoms with Crippen molar-refractivity contribution in [2.75, 3.05) is 33.2 Å². The zero-order valence-electron chi connectivity index (χ0n) is 32.9. The number of carbonyl (C=O) groups is 3. The molecule has 4 bridgehead atoms. The third kappa shape index (κ3) is 9.75. The summed E-state index contributed by atoms with van der Waals surface area (Å²) in [7, 11) is 6.22. The number of carbonyl (C=O) groups excluding carboxylic acids is 3. The summed E-state index contributed by atoms with van der Waals surface area (Å²) in [6.45, 7) is 15.4. The van der Waals surface area contributed by atoms with Gasteiger partial charge in [-0.05, 0) is 63.8 Å². The summed E-state index contributed by atoms with van der Waals surface area (Å²) < 4.78 is 30.0. The lowest BCUT2D eigenvalue weighted by Crippen LogP contribution is -2.60. The molecule has 13 heteroatoms. The minimum atomic E-state index is -1.57. The molecule has 294 valence electrons. The predicted octanol–water partition coefficient (Wildman–Crippen LogP) is 5.69. The number of halogens is 1. The van der Waals surface area contributed by atoms with Crippen LogP contribution < -0.4 is 15.0 Å². The number of aliphatic hydroxyl groups is 1. The van der Waals surface area contributed by atoms with Crippen LogP contribution in [0.2, 0.25) is 5.02 Å². The van der Waals surface area contributed by atoms with Crippen LogP contribution in [0.25, 0.3) is 0 Å². The van der Waals surface area contributed by atoms with Gasteiger partial charge in [0.15, 0.2) is 11.6 Å². The van der Waals surface area contributed by atoms with Crippen molar-refractivity contribution >= 4 is 35.1 Å². The Morgan fingerprint density at radius 1 is 1.25 bits per heavy atom. The van der Waals surface area contributed by atoms with Crippen molar-refractivity contribution in [3.8, 4) is 5.75 Å². The number of methoxy groups -OCH3 is 2. The highest BCUT2D eigenvalue weighted by Crippen LogP contribution is 2.49. The van der Waals surface area contributed by atoms with Crippen molar-refractivity contribution in [1.82, 2.24) is 10.2 Å². The number of nitrogens with one attached hydrogen (secondary N) is 1. The summed E-state index contributed by atoms with van der Waals surface area (Å²) in [4.78, 5) is 43.8. The minimum absolute atomic E-state index is 0.117. The monoisotopic (exact) mass is 759 g/mol. The van der Waals surface area contributed by atoms with Crippen LogP contribution in [0.5, 0.6) is 5.75 Å². The van der Waals surface area contributed by atoms with Crippen LogP contribution in [0, 0.1) is 11.8 Å². The van der Waals surface area contributed by atoms with E-state index >= 15 is 0 Å². The van der Waals surface area contributed by atoms with E-state index in [2.05, 4.69) is 25.7 Å². The summed E-state index contributed by atoms with van der Waals surface area (Å²) in [6, 6.07) is 2.74. The molecule has 53 heavy (non-hydrogen) atoms. The van der Waals surface area contributed by atoms with Gasteiger partial charge in [-0.25, -0.2) is 4.79 Å². The van der Waals surface area contributed by atoms with Gasteiger partial charge in [0.2, 0.25) is 11.8 Å². The molecule has 2 N–H and O–H groups in total. The summed E-state index contributed by atoms with van der Waals surface area (Å²) in [6.07, 6.45) is 4.87. The molecular formula is C40H58ClN3O9. The fourth-order valence-corrected chi connectivity index (χ4v) is 7.48. The molecule has 2 saturated heterocycles. The second-order valence-electron chi connectivity index (χ2n) is 15.3. The Morgan fingerprint density at radius 2 is 1.94 bits per heavy atom. The summed E-state index contributed by atoms with van der Waals surface area (Å²) >= 11 is 6.78. The molecule has 12 nitrogen and oxygen atoms in total. The SMILES string of the molecule is C=C1N[C@]2(O)C[C@H](O1)[C@@H](C)[C@@H]1O[C@@]1(C)[C@@H](OC(=O)[C@H](C)N(C)C(=O)CCCC(C)C)CC(=O)N(C)c1cc(cc(OC)c1Cl)C/C(C)=C\C=C\[C@H]2OC. The standard InChI is InChI=1S/C40H58ClN3O9/c1-23(2)14-12-17-34(45)43(8)26(5)38(47)52-33-21-35(46)44(9)29-19-28(20-30(49-10)36(29)41)18-24(3)15-13-16-32(50-11)40(48)22-31(51-27(6)42-40)25(4)37-39(33,7)53-37/h13,15-16,19-20,23,25-26,31-33,37,42,48H,6,12,14,17-18,21-22H2,1-5,7-11H3/b16-13+,24-15-/t25-,26+,31+,32-,33+,37+,39+,40+/m1/s1. The smallest absolute Gasteiger partial charge is 0.328 e. The molecule has 0 unspecified atom stereocenters. The van der Waals surface area contributed by atoms with Crippen molar-refractivity contribution in [3.05, 3.63) is 59.0 Å². The normalized spacial score (nSPS) is 31.3. The van der Waals surface area contributed by atoms with Gasteiger partial charge in [-0.15, -0.1) is 0 Å². The lowest BCUT2D eigenvalue weighted by Gasteiger charge is -2.44. The van der Waals surface area contributed by atoms with Crippen LogP contribution >= 0.6 is 11.6 Å². The van der Waals surface area contributed by atoms with Gasteiger partial charge < -0.3 is 43.9 Å². The van der Waals surface area contributed by atoms with E-state index in [0.717, 1.165) is 17.6 Å². The van der Waals surface area contributed by atoms with Gasteiger partial charge >= 0.3 is 5.97 Å². The maximum absolute atomic E-state index is 14.2. The molecular weight excluding hydrogens is 702 g/mol. The first kappa shape index (κ1) is 42.2. The molecule has 1 aromatic rings. The third-order valence-electron chi connectivity index (χ3n) is 10.8. The van der Waals surface area contributed by atoms with Gasteiger partial charge in [0.05, 0.1) is 25.3 Å². The predicted molar refractivity (Wildman–Crippen MR) is 203 cm³/mol. The molecule has 0 aromatic heterocycles. The van der Waals surface area contributed by atoms with Gasteiger partial charge in [0.25, 0.3) is 0 Å². The van der Waals surface area contributed by atoms with Gasteiger partial charge in [-0.1, -0.05) is 62.6 Å². The number of allylic oxidation sites excluding steroid dienone is 3. The minimum Gasteiger partial charge on any atom is -0.495 e. The first-order valence-corrected chi connectivity index (χ1v) is 18.7. The van der Waals surface area contributed by atoms with E-state index in [1.165, 1.54) is 24.0 Å². The number of rotatable bonds is 9. The molecule has 3 heterocycles. The number of fused-ring (bicyclic) bond motifs is 5. The van der Waals surface area contributed by atoms with Crippen LogP contribution in [0.15, 0.2) is 48.4 Å². The van der Waals surface area contributed by atoms with Gasteiger partial charge in [0.1, 0.15) is 40.7 Å². The van der Waals surface area contributed by atoms with Crippen LogP contribution in [-0.4, -0.2) is 97.9 Å². The maximum atomic E-state index is 14.2. The quantitative estimate of drug-likeness (QED) is 0.239. The molecule has 0 spiro atoms. The lowest BCUT2D eigenvalue weighted by atomic mass is 9.83. The number of nitrogens with zero attached hydrogens (tertiary/aromatic N) is 2. The van der Waals surface area contributed by atoms with E-state index in [0.29, 0.717) is 36.6 Å². The Morgan fingerprint density at radius 3 is 2.58 bits per heavy atom. The first-order valence-electron chi connectivity index (χ1n) is 18.3. The van der Waals surface area contributed by atoms with Crippen LogP contribution in [0.1, 0.15) is 79.2 Å². The zero-order chi connectivity index (χ0) is 39.4. The Bertz CT molecular complexity index is 1600. The molecule has 8 atom stereocenters. The Hall–Kier alpha value is -3.58. The number of hydrogen-bond acceptors (Lipinski definition) is 10. The molecule has 1 aromatic carbocycles. The largest absolute Gasteiger partial charge is 0.495 e. The molecule has 4 rings (SSSR count). The summed E-state index contributed by atoms with van der Waals surface area (Å²) in [5, 5.41) is 15.1. The van der Waals surface area contributed by atoms with Crippen LogP contribution in [-0.2, 0) is 39.8 Å². The maximum Gasteiger partial charge on any atom is 0.328 e. The summed E-state index contributed by atoms with van der Waals surface area (Å²) in [5.41, 5.74) is -0.432. The lowest BCUT2D eigenvalue weighted by molar-refractivity contribution is -0.162. The number of likely N-dealkylation sites (N-methyl/N-ethyl adjacent to an activating group) is 1. The fraction of sp³-hybridized carbons (Fsp3) is 0.625. The number of amides is 2. The Kier molecular flexibility index (Phi) is 13.7. The molecule has 2 amide bonds.